The molecule has 0 saturated heterocycles. The van der Waals surface area contributed by atoms with Gasteiger partial charge in [0.2, 0.25) is 5.91 Å². The number of carbonyl (C=O) groups excluding carboxylic acids is 1. The summed E-state index contributed by atoms with van der Waals surface area (Å²) in [6.45, 7) is 6.52. The summed E-state index contributed by atoms with van der Waals surface area (Å²) in [5.74, 6) is -0.319. The summed E-state index contributed by atoms with van der Waals surface area (Å²) < 4.78 is 0. The minimum absolute atomic E-state index is 0.234. The highest BCUT2D eigenvalue weighted by Gasteiger charge is 2.11. The van der Waals surface area contributed by atoms with Crippen molar-refractivity contribution >= 4 is 5.91 Å². The maximum atomic E-state index is 10.7. The Kier molecular flexibility index (Phi) is 3.45. The van der Waals surface area contributed by atoms with E-state index in [0.29, 0.717) is 0 Å². The van der Waals surface area contributed by atoms with E-state index in [1.165, 1.54) is 0 Å². The van der Waals surface area contributed by atoms with E-state index in [0.717, 1.165) is 17.7 Å². The van der Waals surface area contributed by atoms with Crippen molar-refractivity contribution < 1.29 is 4.79 Å². The van der Waals surface area contributed by atoms with Crippen molar-refractivity contribution in [3.05, 3.63) is 29.6 Å². The van der Waals surface area contributed by atoms with Crippen LogP contribution in [0, 0.1) is 5.41 Å². The summed E-state index contributed by atoms with van der Waals surface area (Å²) >= 11 is 0. The van der Waals surface area contributed by atoms with Crippen molar-refractivity contribution in [2.45, 2.75) is 33.6 Å². The molecule has 1 heterocycles. The molecule has 1 aromatic heterocycles. The lowest BCUT2D eigenvalue weighted by molar-refractivity contribution is -0.117. The topological polar surface area (TPSA) is 56.0 Å². The standard InChI is InChI=1S/C12H18N2O/c1-12(2,3)7-10-5-4-9(8-14-10)6-11(13)15/h4-5,8H,6-7H2,1-3H3,(H2,13,15). The van der Waals surface area contributed by atoms with E-state index in [1.807, 2.05) is 12.1 Å². The highest BCUT2D eigenvalue weighted by atomic mass is 16.1. The average molecular weight is 206 g/mol. The van der Waals surface area contributed by atoms with E-state index < -0.39 is 0 Å². The molecule has 0 bridgehead atoms. The summed E-state index contributed by atoms with van der Waals surface area (Å²) in [5, 5.41) is 0. The maximum absolute atomic E-state index is 10.7. The molecule has 0 aliphatic rings. The summed E-state index contributed by atoms with van der Waals surface area (Å²) in [5.41, 5.74) is 7.26. The Hall–Kier alpha value is -1.38. The van der Waals surface area contributed by atoms with Gasteiger partial charge in [0.05, 0.1) is 6.42 Å². The van der Waals surface area contributed by atoms with Gasteiger partial charge in [0, 0.05) is 11.9 Å². The lowest BCUT2D eigenvalue weighted by Crippen LogP contribution is -2.14. The van der Waals surface area contributed by atoms with Crippen LogP contribution in [0.3, 0.4) is 0 Å². The van der Waals surface area contributed by atoms with E-state index in [1.54, 1.807) is 6.20 Å². The largest absolute Gasteiger partial charge is 0.369 e. The molecule has 2 N–H and O–H groups in total. The first-order valence-corrected chi connectivity index (χ1v) is 5.09. The molecule has 0 atom stereocenters. The second-order valence-corrected chi connectivity index (χ2v) is 5.04. The number of nitrogens with zero attached hydrogens (tertiary/aromatic N) is 1. The molecule has 1 aromatic rings. The van der Waals surface area contributed by atoms with Gasteiger partial charge in [-0.3, -0.25) is 9.78 Å². The van der Waals surface area contributed by atoms with Crippen LogP contribution in [0.2, 0.25) is 0 Å². The Balaban J connectivity index is 2.68. The predicted molar refractivity (Wildman–Crippen MR) is 60.3 cm³/mol. The first-order chi connectivity index (χ1) is 6.87. The minimum atomic E-state index is -0.319. The molecule has 82 valence electrons. The Labute approximate surface area is 90.7 Å². The van der Waals surface area contributed by atoms with Gasteiger partial charge in [0.1, 0.15) is 0 Å². The zero-order valence-electron chi connectivity index (χ0n) is 9.58. The first-order valence-electron chi connectivity index (χ1n) is 5.09. The molecule has 0 aliphatic carbocycles. The Morgan fingerprint density at radius 3 is 2.47 bits per heavy atom. The summed E-state index contributed by atoms with van der Waals surface area (Å²) in [7, 11) is 0. The van der Waals surface area contributed by atoms with Crippen molar-refractivity contribution in [2.75, 3.05) is 0 Å². The molecule has 3 nitrogen and oxygen atoms in total. The second-order valence-electron chi connectivity index (χ2n) is 5.04. The first kappa shape index (κ1) is 11.7. The fourth-order valence-corrected chi connectivity index (χ4v) is 1.41. The second kappa shape index (κ2) is 4.43. The molecule has 0 unspecified atom stereocenters. The third-order valence-electron chi connectivity index (χ3n) is 1.98. The Morgan fingerprint density at radius 1 is 1.40 bits per heavy atom. The monoisotopic (exact) mass is 206 g/mol. The number of rotatable bonds is 3. The van der Waals surface area contributed by atoms with Gasteiger partial charge < -0.3 is 5.73 Å². The summed E-state index contributed by atoms with van der Waals surface area (Å²) in [6.07, 6.45) is 2.93. The van der Waals surface area contributed by atoms with E-state index in [2.05, 4.69) is 25.8 Å². The maximum Gasteiger partial charge on any atom is 0.221 e. The van der Waals surface area contributed by atoms with Crippen molar-refractivity contribution in [3.8, 4) is 0 Å². The van der Waals surface area contributed by atoms with Crippen LogP contribution < -0.4 is 5.73 Å². The van der Waals surface area contributed by atoms with Gasteiger partial charge >= 0.3 is 0 Å². The number of carbonyl (C=O) groups is 1. The van der Waals surface area contributed by atoms with Gasteiger partial charge in [-0.1, -0.05) is 26.8 Å². The van der Waals surface area contributed by atoms with Gasteiger partial charge in [-0.2, -0.15) is 0 Å². The number of aromatic nitrogens is 1. The van der Waals surface area contributed by atoms with E-state index >= 15 is 0 Å². The summed E-state index contributed by atoms with van der Waals surface area (Å²) in [6, 6.07) is 3.88. The number of amides is 1. The number of pyridine rings is 1. The predicted octanol–water partition coefficient (Wildman–Crippen LogP) is 1.70. The van der Waals surface area contributed by atoms with Gasteiger partial charge in [-0.25, -0.2) is 0 Å². The molecule has 1 rings (SSSR count). The smallest absolute Gasteiger partial charge is 0.221 e. The zero-order valence-corrected chi connectivity index (χ0v) is 9.58. The van der Waals surface area contributed by atoms with Crippen LogP contribution >= 0.6 is 0 Å². The highest BCUT2D eigenvalue weighted by Crippen LogP contribution is 2.19. The highest BCUT2D eigenvalue weighted by molar-refractivity contribution is 5.76. The molecule has 0 fully saturated rings. The lowest BCUT2D eigenvalue weighted by Gasteiger charge is -2.17. The molecule has 0 saturated carbocycles. The summed E-state index contributed by atoms with van der Waals surface area (Å²) in [4.78, 5) is 15.0. The SMILES string of the molecule is CC(C)(C)Cc1ccc(CC(N)=O)cn1. The van der Waals surface area contributed by atoms with Crippen LogP contribution in [0.15, 0.2) is 18.3 Å². The molecular formula is C12H18N2O. The van der Waals surface area contributed by atoms with Crippen molar-refractivity contribution in [3.63, 3.8) is 0 Å². The van der Waals surface area contributed by atoms with E-state index in [4.69, 9.17) is 5.73 Å². The molecule has 3 heteroatoms. The molecule has 0 radical (unpaired) electrons. The van der Waals surface area contributed by atoms with Crippen molar-refractivity contribution in [2.24, 2.45) is 11.1 Å². The molecule has 0 aromatic carbocycles. The number of primary amides is 1. The van der Waals surface area contributed by atoms with Gasteiger partial charge in [0.25, 0.3) is 0 Å². The van der Waals surface area contributed by atoms with Crippen LogP contribution in [0.4, 0.5) is 0 Å². The molecule has 0 spiro atoms. The van der Waals surface area contributed by atoms with Crippen LogP contribution in [0.1, 0.15) is 32.0 Å². The average Bonchev–Trinajstić information content (AvgIpc) is 2.05. The van der Waals surface area contributed by atoms with Gasteiger partial charge in [-0.05, 0) is 23.5 Å². The number of hydrogen-bond donors (Lipinski definition) is 1. The van der Waals surface area contributed by atoms with Crippen LogP contribution in [0.5, 0.6) is 0 Å². The van der Waals surface area contributed by atoms with Crippen molar-refractivity contribution in [1.29, 1.82) is 0 Å². The van der Waals surface area contributed by atoms with Crippen LogP contribution in [-0.4, -0.2) is 10.9 Å². The third-order valence-corrected chi connectivity index (χ3v) is 1.98. The zero-order chi connectivity index (χ0) is 11.5. The van der Waals surface area contributed by atoms with Crippen LogP contribution in [0.25, 0.3) is 0 Å². The van der Waals surface area contributed by atoms with E-state index in [-0.39, 0.29) is 17.7 Å². The molecule has 0 aliphatic heterocycles. The fraction of sp³-hybridized carbons (Fsp3) is 0.500. The molecule has 15 heavy (non-hydrogen) atoms. The number of nitrogens with two attached hydrogens (primary N) is 1. The van der Waals surface area contributed by atoms with E-state index in [9.17, 15) is 4.79 Å². The number of hydrogen-bond acceptors (Lipinski definition) is 2. The van der Waals surface area contributed by atoms with Crippen molar-refractivity contribution in [1.82, 2.24) is 4.98 Å². The quantitative estimate of drug-likeness (QED) is 0.818. The fourth-order valence-electron chi connectivity index (χ4n) is 1.41. The Bertz CT molecular complexity index is 336. The normalized spacial score (nSPS) is 11.4. The Morgan fingerprint density at radius 2 is 2.07 bits per heavy atom. The molecule has 1 amide bonds. The van der Waals surface area contributed by atoms with Gasteiger partial charge in [-0.15, -0.1) is 0 Å². The lowest BCUT2D eigenvalue weighted by atomic mass is 9.90. The third kappa shape index (κ3) is 4.58. The minimum Gasteiger partial charge on any atom is -0.369 e. The van der Waals surface area contributed by atoms with Crippen LogP contribution in [-0.2, 0) is 17.6 Å². The van der Waals surface area contributed by atoms with Gasteiger partial charge in [0.15, 0.2) is 0 Å². The molecular weight excluding hydrogens is 188 g/mol.